The first-order valence-corrected chi connectivity index (χ1v) is 8.09. The molecule has 0 aliphatic carbocycles. The lowest BCUT2D eigenvalue weighted by Gasteiger charge is -2.16. The molecule has 0 saturated carbocycles. The van der Waals surface area contributed by atoms with E-state index in [0.29, 0.717) is 29.2 Å². The molecule has 23 heavy (non-hydrogen) atoms. The van der Waals surface area contributed by atoms with Crippen LogP contribution in [0.4, 0.5) is 5.82 Å². The summed E-state index contributed by atoms with van der Waals surface area (Å²) in [4.78, 5) is 33.1. The van der Waals surface area contributed by atoms with Crippen molar-refractivity contribution in [2.75, 3.05) is 4.90 Å². The number of aromatic amines is 1. The van der Waals surface area contributed by atoms with Crippen molar-refractivity contribution in [1.82, 2.24) is 9.97 Å². The number of hydrogen-bond donors (Lipinski definition) is 2. The maximum Gasteiger partial charge on any atom is 0.230 e. The highest BCUT2D eigenvalue weighted by Crippen LogP contribution is 2.29. The van der Waals surface area contributed by atoms with Crippen molar-refractivity contribution < 1.29 is 14.7 Å². The van der Waals surface area contributed by atoms with Crippen molar-refractivity contribution in [2.45, 2.75) is 19.1 Å². The van der Waals surface area contributed by atoms with Crippen LogP contribution in [-0.4, -0.2) is 33.0 Å². The Bertz CT molecular complexity index is 914. The number of rotatable bonds is 3. The third-order valence-electron chi connectivity index (χ3n) is 3.95. The van der Waals surface area contributed by atoms with Crippen LogP contribution in [0.5, 0.6) is 0 Å². The fraction of sp³-hybridized carbons (Fsp3) is 0.188. The Morgan fingerprint density at radius 2 is 2.22 bits per heavy atom. The molecule has 0 spiro atoms. The van der Waals surface area contributed by atoms with Gasteiger partial charge in [-0.15, -0.1) is 11.3 Å². The Hall–Kier alpha value is -2.51. The summed E-state index contributed by atoms with van der Waals surface area (Å²) in [5.74, 6) is -0.0260. The van der Waals surface area contributed by atoms with Gasteiger partial charge in [-0.2, -0.15) is 0 Å². The Morgan fingerprint density at radius 1 is 1.39 bits per heavy atom. The molecule has 2 N–H and O–H groups in total. The first-order valence-electron chi connectivity index (χ1n) is 7.21. The predicted octanol–water partition coefficient (Wildman–Crippen LogP) is 2.30. The quantitative estimate of drug-likeness (QED) is 0.723. The minimum atomic E-state index is -0.861. The van der Waals surface area contributed by atoms with Crippen LogP contribution in [0.25, 0.3) is 10.9 Å². The van der Waals surface area contributed by atoms with Crippen molar-refractivity contribution in [3.63, 3.8) is 0 Å². The molecule has 1 aromatic carbocycles. The van der Waals surface area contributed by atoms with Crippen LogP contribution in [0.15, 0.2) is 35.8 Å². The highest BCUT2D eigenvalue weighted by Gasteiger charge is 2.32. The number of carbonyl (C=O) groups is 2. The number of H-pyrrole nitrogens is 1. The predicted molar refractivity (Wildman–Crippen MR) is 86.6 cm³/mol. The highest BCUT2D eigenvalue weighted by atomic mass is 32.1. The fourth-order valence-corrected chi connectivity index (χ4v) is 3.55. The van der Waals surface area contributed by atoms with E-state index in [1.165, 1.54) is 16.2 Å². The molecule has 1 unspecified atom stereocenters. The van der Waals surface area contributed by atoms with Gasteiger partial charge in [0, 0.05) is 35.3 Å². The van der Waals surface area contributed by atoms with Gasteiger partial charge >= 0.3 is 0 Å². The molecule has 0 bridgehead atoms. The second-order valence-electron chi connectivity index (χ2n) is 5.37. The topological polar surface area (TPSA) is 86.3 Å². The summed E-state index contributed by atoms with van der Waals surface area (Å²) in [5.41, 5.74) is 1.44. The Morgan fingerprint density at radius 3 is 3.00 bits per heavy atom. The van der Waals surface area contributed by atoms with E-state index in [4.69, 9.17) is 0 Å². The van der Waals surface area contributed by atoms with Gasteiger partial charge in [0.1, 0.15) is 12.0 Å². The van der Waals surface area contributed by atoms with Gasteiger partial charge in [0.05, 0.1) is 5.56 Å². The molecule has 6 nitrogen and oxygen atoms in total. The number of benzene rings is 1. The number of ketones is 1. The number of nitrogens with one attached hydrogen (secondary N) is 1. The van der Waals surface area contributed by atoms with E-state index >= 15 is 0 Å². The van der Waals surface area contributed by atoms with Crippen molar-refractivity contribution in [2.24, 2.45) is 0 Å². The zero-order valence-electron chi connectivity index (χ0n) is 12.0. The SMILES string of the molecule is O=C(c1nc(N2C(=O)CCC2O)cs1)c1c[nH]c2ccccc12. The number of fused-ring (bicyclic) bond motifs is 1. The number of amides is 1. The number of aliphatic hydroxyl groups excluding tert-OH is 1. The summed E-state index contributed by atoms with van der Waals surface area (Å²) in [6, 6.07) is 7.55. The Labute approximate surface area is 135 Å². The van der Waals surface area contributed by atoms with Crippen molar-refractivity contribution >= 4 is 39.7 Å². The second kappa shape index (κ2) is 5.29. The highest BCUT2D eigenvalue weighted by molar-refractivity contribution is 7.12. The number of thiazole rings is 1. The van der Waals surface area contributed by atoms with Crippen molar-refractivity contribution in [3.8, 4) is 0 Å². The van der Waals surface area contributed by atoms with Crippen LogP contribution in [-0.2, 0) is 4.79 Å². The molecule has 2 aromatic heterocycles. The van der Waals surface area contributed by atoms with E-state index in [1.54, 1.807) is 11.6 Å². The molecule has 3 aromatic rings. The smallest absolute Gasteiger partial charge is 0.230 e. The lowest BCUT2D eigenvalue weighted by atomic mass is 10.1. The number of anilines is 1. The van der Waals surface area contributed by atoms with Gasteiger partial charge in [-0.3, -0.25) is 14.5 Å². The van der Waals surface area contributed by atoms with Gasteiger partial charge in [-0.1, -0.05) is 18.2 Å². The normalized spacial score (nSPS) is 18.0. The summed E-state index contributed by atoms with van der Waals surface area (Å²) in [5, 5.41) is 12.6. The lowest BCUT2D eigenvalue weighted by molar-refractivity contribution is -0.117. The molecule has 1 aliphatic rings. The number of aromatic nitrogens is 2. The van der Waals surface area contributed by atoms with E-state index in [1.807, 2.05) is 24.3 Å². The molecule has 0 radical (unpaired) electrons. The molecule has 116 valence electrons. The van der Waals surface area contributed by atoms with Crippen LogP contribution in [0.3, 0.4) is 0 Å². The summed E-state index contributed by atoms with van der Waals surface area (Å²) in [6.07, 6.45) is 1.50. The lowest BCUT2D eigenvalue weighted by Crippen LogP contribution is -2.32. The van der Waals surface area contributed by atoms with Gasteiger partial charge in [0.2, 0.25) is 11.7 Å². The number of nitrogens with zero attached hydrogens (tertiary/aromatic N) is 2. The number of para-hydroxylation sites is 1. The average molecular weight is 327 g/mol. The molecule has 1 amide bonds. The minimum Gasteiger partial charge on any atom is -0.373 e. The van der Waals surface area contributed by atoms with Crippen LogP contribution < -0.4 is 4.90 Å². The first kappa shape index (κ1) is 14.1. The van der Waals surface area contributed by atoms with E-state index in [0.717, 1.165) is 10.9 Å². The van der Waals surface area contributed by atoms with Crippen LogP contribution in [0.1, 0.15) is 28.2 Å². The van der Waals surface area contributed by atoms with E-state index in [-0.39, 0.29) is 11.7 Å². The molecule has 7 heteroatoms. The monoisotopic (exact) mass is 327 g/mol. The standard InChI is InChI=1S/C16H13N3O3S/c20-13-5-6-14(21)19(13)12-8-23-16(18-12)15(22)10-7-17-11-4-2-1-3-9(10)11/h1-4,7-8,13,17,20H,5-6H2. The molecule has 1 saturated heterocycles. The average Bonchev–Trinajstić information content (AvgIpc) is 3.25. The van der Waals surface area contributed by atoms with E-state index < -0.39 is 6.23 Å². The van der Waals surface area contributed by atoms with Crippen molar-refractivity contribution in [1.29, 1.82) is 0 Å². The molecular formula is C16H13N3O3S. The van der Waals surface area contributed by atoms with Gasteiger partial charge in [-0.25, -0.2) is 4.98 Å². The van der Waals surface area contributed by atoms with Gasteiger partial charge < -0.3 is 10.1 Å². The molecule has 3 heterocycles. The van der Waals surface area contributed by atoms with Crippen LogP contribution >= 0.6 is 11.3 Å². The molecular weight excluding hydrogens is 314 g/mol. The summed E-state index contributed by atoms with van der Waals surface area (Å²) >= 11 is 1.18. The first-order chi connectivity index (χ1) is 11.1. The zero-order valence-corrected chi connectivity index (χ0v) is 12.8. The zero-order chi connectivity index (χ0) is 16.0. The number of carbonyl (C=O) groups excluding carboxylic acids is 2. The molecule has 4 rings (SSSR count). The number of hydrogen-bond acceptors (Lipinski definition) is 5. The second-order valence-corrected chi connectivity index (χ2v) is 6.23. The van der Waals surface area contributed by atoms with Crippen LogP contribution in [0, 0.1) is 0 Å². The maximum atomic E-state index is 12.7. The van der Waals surface area contributed by atoms with Crippen LogP contribution in [0.2, 0.25) is 0 Å². The molecule has 1 fully saturated rings. The summed E-state index contributed by atoms with van der Waals surface area (Å²) in [6.45, 7) is 0. The van der Waals surface area contributed by atoms with E-state index in [9.17, 15) is 14.7 Å². The summed E-state index contributed by atoms with van der Waals surface area (Å²) < 4.78 is 0. The largest absolute Gasteiger partial charge is 0.373 e. The third-order valence-corrected chi connectivity index (χ3v) is 4.78. The Balaban J connectivity index is 1.69. The number of aliphatic hydroxyl groups is 1. The maximum absolute atomic E-state index is 12.7. The minimum absolute atomic E-state index is 0.172. The van der Waals surface area contributed by atoms with Gasteiger partial charge in [0.25, 0.3) is 0 Å². The third kappa shape index (κ3) is 2.25. The van der Waals surface area contributed by atoms with Gasteiger partial charge in [-0.05, 0) is 6.07 Å². The van der Waals surface area contributed by atoms with Gasteiger partial charge in [0.15, 0.2) is 5.01 Å². The van der Waals surface area contributed by atoms with E-state index in [2.05, 4.69) is 9.97 Å². The molecule has 1 atom stereocenters. The van der Waals surface area contributed by atoms with Crippen molar-refractivity contribution in [3.05, 3.63) is 46.4 Å². The Kier molecular flexibility index (Phi) is 3.24. The fourth-order valence-electron chi connectivity index (χ4n) is 2.80. The molecule has 1 aliphatic heterocycles. The summed E-state index contributed by atoms with van der Waals surface area (Å²) in [7, 11) is 0.